The summed E-state index contributed by atoms with van der Waals surface area (Å²) < 4.78 is 11.7. The van der Waals surface area contributed by atoms with E-state index in [1.54, 1.807) is 0 Å². The monoisotopic (exact) mass is 296 g/mol. The average molecular weight is 296 g/mol. The summed E-state index contributed by atoms with van der Waals surface area (Å²) in [5.41, 5.74) is 0.128. The number of nitrogens with zero attached hydrogens (tertiary/aromatic N) is 1. The van der Waals surface area contributed by atoms with E-state index < -0.39 is 0 Å². The number of rotatable bonds is 3. The first kappa shape index (κ1) is 15.7. The van der Waals surface area contributed by atoms with Crippen molar-refractivity contribution in [3.05, 3.63) is 0 Å². The lowest BCUT2D eigenvalue weighted by Gasteiger charge is -2.49. The van der Waals surface area contributed by atoms with E-state index in [0.717, 1.165) is 44.6 Å². The van der Waals surface area contributed by atoms with Gasteiger partial charge in [0, 0.05) is 38.4 Å². The molecule has 0 bridgehead atoms. The number of likely N-dealkylation sites (tertiary alicyclic amines) is 1. The molecule has 0 aromatic heterocycles. The first-order valence-corrected chi connectivity index (χ1v) is 8.89. The lowest BCUT2D eigenvalue weighted by molar-refractivity contribution is -0.153. The molecule has 0 aliphatic carbocycles. The van der Waals surface area contributed by atoms with Crippen LogP contribution in [0.5, 0.6) is 0 Å². The molecular formula is C17H32N2O2. The summed E-state index contributed by atoms with van der Waals surface area (Å²) >= 11 is 0. The van der Waals surface area contributed by atoms with Crippen LogP contribution < -0.4 is 5.32 Å². The summed E-state index contributed by atoms with van der Waals surface area (Å²) in [4.78, 5) is 2.77. The molecule has 3 saturated heterocycles. The number of hydrogen-bond donors (Lipinski definition) is 1. The quantitative estimate of drug-likeness (QED) is 0.864. The Bertz CT molecular complexity index is 325. The minimum absolute atomic E-state index is 0.128. The van der Waals surface area contributed by atoms with Crippen LogP contribution in [0.1, 0.15) is 45.4 Å². The van der Waals surface area contributed by atoms with Crippen LogP contribution in [0.2, 0.25) is 0 Å². The van der Waals surface area contributed by atoms with Crippen molar-refractivity contribution in [3.8, 4) is 0 Å². The Labute approximate surface area is 129 Å². The molecule has 1 spiro atoms. The second kappa shape index (κ2) is 6.95. The molecule has 0 aromatic rings. The van der Waals surface area contributed by atoms with Gasteiger partial charge in [-0.25, -0.2) is 0 Å². The summed E-state index contributed by atoms with van der Waals surface area (Å²) in [6.45, 7) is 7.55. The van der Waals surface area contributed by atoms with Gasteiger partial charge in [0.05, 0.1) is 5.60 Å². The van der Waals surface area contributed by atoms with E-state index in [2.05, 4.69) is 24.2 Å². The highest BCUT2D eigenvalue weighted by atomic mass is 16.5. The number of hydrogen-bond acceptors (Lipinski definition) is 4. The largest absolute Gasteiger partial charge is 0.381 e. The molecule has 3 rings (SSSR count). The molecule has 0 aromatic carbocycles. The molecule has 3 unspecified atom stereocenters. The van der Waals surface area contributed by atoms with Crippen LogP contribution in [-0.4, -0.2) is 62.5 Å². The van der Waals surface area contributed by atoms with E-state index in [9.17, 15) is 0 Å². The standard InChI is InChI=1S/C17H32N2O2/c1-3-14-13-19(8-4-16(14)18-2)15-5-9-21-17(12-15)6-10-20-11-7-17/h14-16,18H,3-13H2,1-2H3. The maximum atomic E-state index is 6.20. The molecule has 0 saturated carbocycles. The van der Waals surface area contributed by atoms with Crippen molar-refractivity contribution in [2.75, 3.05) is 40.0 Å². The Hall–Kier alpha value is -0.160. The van der Waals surface area contributed by atoms with Crippen LogP contribution >= 0.6 is 0 Å². The first-order chi connectivity index (χ1) is 10.3. The van der Waals surface area contributed by atoms with Gasteiger partial charge >= 0.3 is 0 Å². The second-order valence-corrected chi connectivity index (χ2v) is 7.14. The van der Waals surface area contributed by atoms with Gasteiger partial charge in [-0.05, 0) is 51.6 Å². The Morgan fingerprint density at radius 3 is 2.71 bits per heavy atom. The van der Waals surface area contributed by atoms with Gasteiger partial charge in [0.15, 0.2) is 0 Å². The van der Waals surface area contributed by atoms with Crippen LogP contribution in [0.25, 0.3) is 0 Å². The molecular weight excluding hydrogens is 264 g/mol. The van der Waals surface area contributed by atoms with E-state index in [-0.39, 0.29) is 5.60 Å². The molecule has 0 radical (unpaired) electrons. The average Bonchev–Trinajstić information content (AvgIpc) is 2.55. The zero-order valence-corrected chi connectivity index (χ0v) is 13.8. The van der Waals surface area contributed by atoms with Gasteiger partial charge < -0.3 is 14.8 Å². The smallest absolute Gasteiger partial charge is 0.0741 e. The highest BCUT2D eigenvalue weighted by Gasteiger charge is 2.42. The van der Waals surface area contributed by atoms with Gasteiger partial charge in [-0.15, -0.1) is 0 Å². The molecule has 4 nitrogen and oxygen atoms in total. The predicted octanol–water partition coefficient (Wildman–Crippen LogP) is 2.03. The SMILES string of the molecule is CCC1CN(C2CCOC3(CCOCC3)C2)CCC1NC. The highest BCUT2D eigenvalue weighted by Crippen LogP contribution is 2.37. The van der Waals surface area contributed by atoms with E-state index in [1.165, 1.54) is 38.8 Å². The van der Waals surface area contributed by atoms with Crippen LogP contribution in [0.4, 0.5) is 0 Å². The van der Waals surface area contributed by atoms with E-state index in [4.69, 9.17) is 9.47 Å². The normalized spacial score (nSPS) is 37.7. The van der Waals surface area contributed by atoms with Crippen molar-refractivity contribution < 1.29 is 9.47 Å². The van der Waals surface area contributed by atoms with Gasteiger partial charge in [0.1, 0.15) is 0 Å². The molecule has 1 N–H and O–H groups in total. The lowest BCUT2D eigenvalue weighted by atomic mass is 9.81. The third-order valence-electron chi connectivity index (χ3n) is 6.05. The van der Waals surface area contributed by atoms with E-state index >= 15 is 0 Å². The Kier molecular flexibility index (Phi) is 5.20. The Balaban J connectivity index is 1.61. The molecule has 0 amide bonds. The van der Waals surface area contributed by atoms with E-state index in [1.807, 2.05) is 0 Å². The van der Waals surface area contributed by atoms with Gasteiger partial charge in [-0.1, -0.05) is 13.3 Å². The first-order valence-electron chi connectivity index (χ1n) is 8.89. The van der Waals surface area contributed by atoms with Gasteiger partial charge in [-0.2, -0.15) is 0 Å². The van der Waals surface area contributed by atoms with Crippen molar-refractivity contribution >= 4 is 0 Å². The third kappa shape index (κ3) is 3.44. The molecule has 3 fully saturated rings. The van der Waals surface area contributed by atoms with Crippen LogP contribution in [0.15, 0.2) is 0 Å². The Morgan fingerprint density at radius 2 is 2.00 bits per heavy atom. The molecule has 3 atom stereocenters. The van der Waals surface area contributed by atoms with Gasteiger partial charge in [-0.3, -0.25) is 4.90 Å². The molecule has 4 heteroatoms. The molecule has 122 valence electrons. The summed E-state index contributed by atoms with van der Waals surface area (Å²) in [7, 11) is 2.12. The molecule has 3 aliphatic heterocycles. The van der Waals surface area contributed by atoms with Crippen molar-refractivity contribution in [1.29, 1.82) is 0 Å². The maximum absolute atomic E-state index is 6.20. The number of nitrogens with one attached hydrogen (secondary N) is 1. The van der Waals surface area contributed by atoms with Crippen LogP contribution in [0.3, 0.4) is 0 Å². The van der Waals surface area contributed by atoms with Crippen molar-refractivity contribution in [3.63, 3.8) is 0 Å². The highest BCUT2D eigenvalue weighted by molar-refractivity contribution is 4.95. The summed E-state index contributed by atoms with van der Waals surface area (Å²) in [6, 6.07) is 1.44. The summed E-state index contributed by atoms with van der Waals surface area (Å²) in [6.07, 6.45) is 7.19. The van der Waals surface area contributed by atoms with Crippen molar-refractivity contribution in [2.24, 2.45) is 5.92 Å². The minimum atomic E-state index is 0.128. The fourth-order valence-electron chi connectivity index (χ4n) is 4.59. The minimum Gasteiger partial charge on any atom is -0.381 e. The zero-order valence-electron chi connectivity index (χ0n) is 13.8. The lowest BCUT2D eigenvalue weighted by Crippen LogP contribution is -2.56. The van der Waals surface area contributed by atoms with Gasteiger partial charge in [0.2, 0.25) is 0 Å². The second-order valence-electron chi connectivity index (χ2n) is 7.14. The predicted molar refractivity (Wildman–Crippen MR) is 84.6 cm³/mol. The molecule has 3 aliphatic rings. The maximum Gasteiger partial charge on any atom is 0.0741 e. The zero-order chi connectivity index (χ0) is 14.7. The van der Waals surface area contributed by atoms with Gasteiger partial charge in [0.25, 0.3) is 0 Å². The topological polar surface area (TPSA) is 33.7 Å². The fourth-order valence-corrected chi connectivity index (χ4v) is 4.59. The molecule has 21 heavy (non-hydrogen) atoms. The Morgan fingerprint density at radius 1 is 1.19 bits per heavy atom. The number of piperidine rings is 1. The fraction of sp³-hybridized carbons (Fsp3) is 1.00. The van der Waals surface area contributed by atoms with Crippen LogP contribution in [-0.2, 0) is 9.47 Å². The van der Waals surface area contributed by atoms with Crippen molar-refractivity contribution in [2.45, 2.75) is 63.1 Å². The third-order valence-corrected chi connectivity index (χ3v) is 6.05. The number of ether oxygens (including phenoxy) is 2. The summed E-state index contributed by atoms with van der Waals surface area (Å²) in [5.74, 6) is 0.803. The van der Waals surface area contributed by atoms with Crippen molar-refractivity contribution in [1.82, 2.24) is 10.2 Å². The summed E-state index contributed by atoms with van der Waals surface area (Å²) in [5, 5.41) is 3.52. The van der Waals surface area contributed by atoms with Crippen LogP contribution in [0, 0.1) is 5.92 Å². The molecule has 3 heterocycles. The van der Waals surface area contributed by atoms with E-state index in [0.29, 0.717) is 6.04 Å².